The summed E-state index contributed by atoms with van der Waals surface area (Å²) in [4.78, 5) is 11.8. The molecular weight excluding hydrogens is 288 g/mol. The van der Waals surface area contributed by atoms with Gasteiger partial charge in [0.05, 0.1) is 6.61 Å². The van der Waals surface area contributed by atoms with Gasteiger partial charge < -0.3 is 15.8 Å². The third kappa shape index (κ3) is 4.48. The van der Waals surface area contributed by atoms with Crippen LogP contribution in [0.1, 0.15) is 11.1 Å². The van der Waals surface area contributed by atoms with Crippen molar-refractivity contribution in [3.8, 4) is 0 Å². The van der Waals surface area contributed by atoms with Crippen molar-refractivity contribution in [2.24, 2.45) is 0 Å². The maximum atomic E-state index is 11.8. The van der Waals surface area contributed by atoms with Crippen LogP contribution in [-0.2, 0) is 16.1 Å². The van der Waals surface area contributed by atoms with Gasteiger partial charge in [-0.1, -0.05) is 35.9 Å². The molecule has 0 saturated heterocycles. The van der Waals surface area contributed by atoms with Crippen molar-refractivity contribution in [3.63, 3.8) is 0 Å². The second kappa shape index (κ2) is 7.11. The number of aryl methyl sites for hydroxylation is 1. The van der Waals surface area contributed by atoms with Crippen molar-refractivity contribution < 1.29 is 9.53 Å². The molecule has 0 atom stereocenters. The smallest absolute Gasteiger partial charge is 0.250 e. The first-order chi connectivity index (χ1) is 10.1. The fraction of sp³-hybridized carbons (Fsp3) is 0.188. The molecule has 5 heteroatoms. The number of carbonyl (C=O) groups is 1. The molecule has 0 saturated carbocycles. The Morgan fingerprint density at radius 1 is 1.29 bits per heavy atom. The molecule has 110 valence electrons. The van der Waals surface area contributed by atoms with E-state index in [0.29, 0.717) is 23.0 Å². The molecule has 2 aromatic rings. The quantitative estimate of drug-likeness (QED) is 0.832. The molecule has 0 aliphatic rings. The van der Waals surface area contributed by atoms with Crippen LogP contribution >= 0.6 is 11.6 Å². The van der Waals surface area contributed by atoms with Gasteiger partial charge in [-0.25, -0.2) is 0 Å². The highest BCUT2D eigenvalue weighted by Gasteiger charge is 2.06. The van der Waals surface area contributed by atoms with E-state index in [1.807, 2.05) is 31.2 Å². The summed E-state index contributed by atoms with van der Waals surface area (Å²) in [7, 11) is 0. The Bertz CT molecular complexity index is 644. The first-order valence-corrected chi connectivity index (χ1v) is 6.91. The lowest BCUT2D eigenvalue weighted by Gasteiger charge is -2.10. The molecule has 0 bridgehead atoms. The maximum Gasteiger partial charge on any atom is 0.250 e. The number of amides is 1. The van der Waals surface area contributed by atoms with Crippen LogP contribution in [0.2, 0.25) is 5.02 Å². The van der Waals surface area contributed by atoms with Crippen LogP contribution in [0.25, 0.3) is 0 Å². The first kappa shape index (κ1) is 15.4. The van der Waals surface area contributed by atoms with Crippen LogP contribution in [0.3, 0.4) is 0 Å². The molecule has 0 unspecified atom stereocenters. The van der Waals surface area contributed by atoms with E-state index in [4.69, 9.17) is 22.1 Å². The van der Waals surface area contributed by atoms with E-state index in [0.717, 1.165) is 11.1 Å². The highest BCUT2D eigenvalue weighted by atomic mass is 35.5. The van der Waals surface area contributed by atoms with Gasteiger partial charge in [0, 0.05) is 16.4 Å². The molecule has 0 aliphatic carbocycles. The van der Waals surface area contributed by atoms with Gasteiger partial charge in [-0.05, 0) is 36.2 Å². The molecule has 1 amide bonds. The van der Waals surface area contributed by atoms with E-state index in [9.17, 15) is 4.79 Å². The average Bonchev–Trinajstić information content (AvgIpc) is 2.45. The van der Waals surface area contributed by atoms with Crippen LogP contribution in [0, 0.1) is 6.92 Å². The average molecular weight is 305 g/mol. The zero-order chi connectivity index (χ0) is 15.2. The van der Waals surface area contributed by atoms with Gasteiger partial charge >= 0.3 is 0 Å². The fourth-order valence-corrected chi connectivity index (χ4v) is 2.02. The Morgan fingerprint density at radius 3 is 2.81 bits per heavy atom. The summed E-state index contributed by atoms with van der Waals surface area (Å²) >= 11 is 6.01. The number of nitrogens with one attached hydrogen (secondary N) is 1. The standard InChI is InChI=1S/C16H17ClN2O2/c1-11-6-7-13(18)8-15(11)19-16(20)10-21-9-12-4-2-3-5-14(12)17/h2-8H,9-10,18H2,1H3,(H,19,20). The Kier molecular flexibility index (Phi) is 5.20. The number of rotatable bonds is 5. The lowest BCUT2D eigenvalue weighted by Crippen LogP contribution is -2.19. The van der Waals surface area contributed by atoms with Gasteiger partial charge in [0.1, 0.15) is 6.61 Å². The molecular formula is C16H17ClN2O2. The molecule has 4 nitrogen and oxygen atoms in total. The topological polar surface area (TPSA) is 64.3 Å². The zero-order valence-corrected chi connectivity index (χ0v) is 12.5. The number of carbonyl (C=O) groups excluding carboxylic acids is 1. The number of ether oxygens (including phenoxy) is 1. The summed E-state index contributed by atoms with van der Waals surface area (Å²) in [6, 6.07) is 12.7. The highest BCUT2D eigenvalue weighted by molar-refractivity contribution is 6.31. The van der Waals surface area contributed by atoms with Gasteiger partial charge in [0.15, 0.2) is 0 Å². The molecule has 0 aliphatic heterocycles. The second-order valence-electron chi connectivity index (χ2n) is 4.71. The minimum atomic E-state index is -0.226. The number of halogens is 1. The molecule has 0 radical (unpaired) electrons. The summed E-state index contributed by atoms with van der Waals surface area (Å²) < 4.78 is 5.38. The Morgan fingerprint density at radius 2 is 2.05 bits per heavy atom. The largest absolute Gasteiger partial charge is 0.399 e. The van der Waals surface area contributed by atoms with Gasteiger partial charge in [-0.3, -0.25) is 4.79 Å². The molecule has 0 spiro atoms. The Balaban J connectivity index is 1.85. The van der Waals surface area contributed by atoms with Crippen molar-refractivity contribution in [3.05, 3.63) is 58.6 Å². The third-order valence-electron chi connectivity index (χ3n) is 2.98. The summed E-state index contributed by atoms with van der Waals surface area (Å²) in [5, 5.41) is 3.40. The van der Waals surface area contributed by atoms with Crippen molar-refractivity contribution in [2.75, 3.05) is 17.7 Å². The van der Waals surface area contributed by atoms with E-state index in [-0.39, 0.29) is 12.5 Å². The monoisotopic (exact) mass is 304 g/mol. The second-order valence-corrected chi connectivity index (χ2v) is 5.11. The van der Waals surface area contributed by atoms with Crippen LogP contribution in [0.5, 0.6) is 0 Å². The molecule has 0 aromatic heterocycles. The van der Waals surface area contributed by atoms with Crippen LogP contribution in [0.4, 0.5) is 11.4 Å². The first-order valence-electron chi connectivity index (χ1n) is 6.53. The minimum absolute atomic E-state index is 0.0422. The normalized spacial score (nSPS) is 10.4. The molecule has 2 aromatic carbocycles. The van der Waals surface area contributed by atoms with E-state index >= 15 is 0 Å². The minimum Gasteiger partial charge on any atom is -0.399 e. The van der Waals surface area contributed by atoms with Crippen molar-refractivity contribution in [1.82, 2.24) is 0 Å². The van der Waals surface area contributed by atoms with Crippen molar-refractivity contribution >= 4 is 28.9 Å². The number of nitrogen functional groups attached to an aromatic ring is 1. The van der Waals surface area contributed by atoms with Gasteiger partial charge in [-0.2, -0.15) is 0 Å². The molecule has 0 fully saturated rings. The number of anilines is 2. The highest BCUT2D eigenvalue weighted by Crippen LogP contribution is 2.18. The van der Waals surface area contributed by atoms with Crippen LogP contribution < -0.4 is 11.1 Å². The number of benzene rings is 2. The Labute approximate surface area is 128 Å². The van der Waals surface area contributed by atoms with E-state index in [1.165, 1.54) is 0 Å². The molecule has 3 N–H and O–H groups in total. The Hall–Kier alpha value is -2.04. The van der Waals surface area contributed by atoms with Crippen molar-refractivity contribution in [1.29, 1.82) is 0 Å². The van der Waals surface area contributed by atoms with E-state index < -0.39 is 0 Å². The molecule has 2 rings (SSSR count). The van der Waals surface area contributed by atoms with Gasteiger partial charge in [0.2, 0.25) is 5.91 Å². The van der Waals surface area contributed by atoms with Crippen molar-refractivity contribution in [2.45, 2.75) is 13.5 Å². The number of nitrogens with two attached hydrogens (primary N) is 1. The lowest BCUT2D eigenvalue weighted by molar-refractivity contribution is -0.121. The summed E-state index contributed by atoms with van der Waals surface area (Å²) in [6.45, 7) is 2.15. The lowest BCUT2D eigenvalue weighted by atomic mass is 10.2. The summed E-state index contributed by atoms with van der Waals surface area (Å²) in [6.07, 6.45) is 0. The predicted octanol–water partition coefficient (Wildman–Crippen LogP) is 3.39. The fourth-order valence-electron chi connectivity index (χ4n) is 1.83. The van der Waals surface area contributed by atoms with Crippen LogP contribution in [0.15, 0.2) is 42.5 Å². The maximum absolute atomic E-state index is 11.8. The predicted molar refractivity (Wildman–Crippen MR) is 85.3 cm³/mol. The summed E-state index contributed by atoms with van der Waals surface area (Å²) in [5.41, 5.74) is 8.80. The molecule has 0 heterocycles. The number of hydrogen-bond donors (Lipinski definition) is 2. The summed E-state index contributed by atoms with van der Waals surface area (Å²) in [5.74, 6) is -0.226. The zero-order valence-electron chi connectivity index (χ0n) is 11.7. The van der Waals surface area contributed by atoms with Gasteiger partial charge in [-0.15, -0.1) is 0 Å². The third-order valence-corrected chi connectivity index (χ3v) is 3.35. The van der Waals surface area contributed by atoms with Gasteiger partial charge in [0.25, 0.3) is 0 Å². The van der Waals surface area contributed by atoms with E-state index in [1.54, 1.807) is 18.2 Å². The SMILES string of the molecule is Cc1ccc(N)cc1NC(=O)COCc1ccccc1Cl. The van der Waals surface area contributed by atoms with Crippen LogP contribution in [-0.4, -0.2) is 12.5 Å². The van der Waals surface area contributed by atoms with E-state index in [2.05, 4.69) is 5.32 Å². The molecule has 21 heavy (non-hydrogen) atoms. The number of hydrogen-bond acceptors (Lipinski definition) is 3.